The van der Waals surface area contributed by atoms with Crippen molar-refractivity contribution in [3.8, 4) is 0 Å². The molecular formula is C26H25N3O3. The minimum absolute atomic E-state index is 0.0107. The molecule has 0 aromatic heterocycles. The van der Waals surface area contributed by atoms with Crippen LogP contribution < -0.4 is 5.43 Å². The molecular weight excluding hydrogens is 402 g/mol. The lowest BCUT2D eigenvalue weighted by Crippen LogP contribution is -2.26. The smallest absolute Gasteiger partial charge is 0.270 e. The fourth-order valence-electron chi connectivity index (χ4n) is 4.36. The van der Waals surface area contributed by atoms with Gasteiger partial charge in [-0.2, -0.15) is 5.10 Å². The first-order chi connectivity index (χ1) is 15.3. The predicted molar refractivity (Wildman–Crippen MR) is 125 cm³/mol. The van der Waals surface area contributed by atoms with E-state index in [1.54, 1.807) is 19.1 Å². The van der Waals surface area contributed by atoms with E-state index < -0.39 is 4.92 Å². The summed E-state index contributed by atoms with van der Waals surface area (Å²) in [7, 11) is 0. The van der Waals surface area contributed by atoms with Crippen LogP contribution in [0.4, 0.5) is 5.69 Å². The number of aryl methyl sites for hydroxylation is 2. The Morgan fingerprint density at radius 3 is 2.16 bits per heavy atom. The van der Waals surface area contributed by atoms with Crippen LogP contribution in [0.5, 0.6) is 0 Å². The number of hydrogen-bond donors (Lipinski definition) is 1. The highest BCUT2D eigenvalue weighted by atomic mass is 16.6. The van der Waals surface area contributed by atoms with Crippen LogP contribution in [0.25, 0.3) is 0 Å². The van der Waals surface area contributed by atoms with Gasteiger partial charge >= 0.3 is 0 Å². The van der Waals surface area contributed by atoms with Crippen molar-refractivity contribution in [3.63, 3.8) is 0 Å². The van der Waals surface area contributed by atoms with Crippen molar-refractivity contribution in [3.05, 3.63) is 111 Å². The SMILES string of the molecule is CC(=NNC(=O)C1CC1(c1cccc(C)c1)c1cccc(C)c1)c1cccc([N+](=O)[O-])c1. The second kappa shape index (κ2) is 8.38. The zero-order valence-electron chi connectivity index (χ0n) is 18.3. The maximum atomic E-state index is 13.1. The first-order valence-electron chi connectivity index (χ1n) is 10.5. The molecule has 1 aliphatic carbocycles. The van der Waals surface area contributed by atoms with E-state index in [1.807, 2.05) is 12.1 Å². The number of amides is 1. The highest BCUT2D eigenvalue weighted by Crippen LogP contribution is 2.59. The summed E-state index contributed by atoms with van der Waals surface area (Å²) >= 11 is 0. The molecule has 0 aliphatic heterocycles. The van der Waals surface area contributed by atoms with Gasteiger partial charge in [-0.05, 0) is 38.3 Å². The van der Waals surface area contributed by atoms with E-state index in [0.717, 1.165) is 22.3 Å². The van der Waals surface area contributed by atoms with Gasteiger partial charge in [0.2, 0.25) is 5.91 Å². The zero-order chi connectivity index (χ0) is 22.9. The van der Waals surface area contributed by atoms with Crippen molar-refractivity contribution in [2.24, 2.45) is 11.0 Å². The van der Waals surface area contributed by atoms with Crippen LogP contribution >= 0.6 is 0 Å². The molecule has 1 atom stereocenters. The number of nitrogens with one attached hydrogen (secondary N) is 1. The largest absolute Gasteiger partial charge is 0.273 e. The van der Waals surface area contributed by atoms with Gasteiger partial charge in [0.15, 0.2) is 0 Å². The summed E-state index contributed by atoms with van der Waals surface area (Å²) in [5.74, 6) is -0.398. The molecule has 0 spiro atoms. The summed E-state index contributed by atoms with van der Waals surface area (Å²) < 4.78 is 0. The topological polar surface area (TPSA) is 84.6 Å². The Kier molecular flexibility index (Phi) is 5.61. The molecule has 4 rings (SSSR count). The second-order valence-electron chi connectivity index (χ2n) is 8.45. The molecule has 1 amide bonds. The molecule has 3 aromatic carbocycles. The van der Waals surface area contributed by atoms with Gasteiger partial charge in [-0.15, -0.1) is 0 Å². The van der Waals surface area contributed by atoms with E-state index in [2.05, 4.69) is 60.8 Å². The molecule has 1 aliphatic rings. The minimum atomic E-state index is -0.447. The predicted octanol–water partition coefficient (Wildman–Crippen LogP) is 5.06. The van der Waals surface area contributed by atoms with Crippen molar-refractivity contribution in [2.75, 3.05) is 0 Å². The summed E-state index contributed by atoms with van der Waals surface area (Å²) in [6.45, 7) is 5.83. The van der Waals surface area contributed by atoms with Gasteiger partial charge in [-0.3, -0.25) is 14.9 Å². The van der Waals surface area contributed by atoms with Gasteiger partial charge in [-0.1, -0.05) is 71.8 Å². The number of non-ortho nitro benzene ring substituents is 1. The number of nitro benzene ring substituents is 1. The lowest BCUT2D eigenvalue weighted by atomic mass is 9.84. The number of hydrogen-bond acceptors (Lipinski definition) is 4. The first kappa shape index (κ1) is 21.4. The number of benzene rings is 3. The number of nitro groups is 1. The third-order valence-corrected chi connectivity index (χ3v) is 6.15. The molecule has 0 heterocycles. The van der Waals surface area contributed by atoms with E-state index in [1.165, 1.54) is 12.1 Å². The molecule has 1 unspecified atom stereocenters. The van der Waals surface area contributed by atoms with Crippen molar-refractivity contribution >= 4 is 17.3 Å². The highest BCUT2D eigenvalue weighted by Gasteiger charge is 2.60. The molecule has 0 bridgehead atoms. The summed E-state index contributed by atoms with van der Waals surface area (Å²) in [5.41, 5.74) is 7.98. The minimum Gasteiger partial charge on any atom is -0.273 e. The van der Waals surface area contributed by atoms with Crippen LogP contribution in [-0.4, -0.2) is 16.5 Å². The molecule has 0 saturated heterocycles. The standard InChI is InChI=1S/C26H25N3O3/c1-17-7-4-10-21(13-17)26(22-11-5-8-18(2)14-22)16-24(26)25(30)28-27-19(3)20-9-6-12-23(15-20)29(31)32/h4-15,24H,16H2,1-3H3,(H,28,30). The lowest BCUT2D eigenvalue weighted by molar-refractivity contribution is -0.384. The van der Waals surface area contributed by atoms with E-state index in [9.17, 15) is 14.9 Å². The Balaban J connectivity index is 1.60. The van der Waals surface area contributed by atoms with Gasteiger partial charge in [0.25, 0.3) is 5.69 Å². The van der Waals surface area contributed by atoms with Gasteiger partial charge < -0.3 is 0 Å². The summed E-state index contributed by atoms with van der Waals surface area (Å²) in [4.78, 5) is 23.7. The zero-order valence-corrected chi connectivity index (χ0v) is 18.3. The van der Waals surface area contributed by atoms with Crippen LogP contribution in [0.2, 0.25) is 0 Å². The van der Waals surface area contributed by atoms with Crippen LogP contribution in [0.1, 0.15) is 41.2 Å². The Labute approximate surface area is 187 Å². The van der Waals surface area contributed by atoms with Crippen molar-refractivity contribution < 1.29 is 9.72 Å². The maximum Gasteiger partial charge on any atom is 0.270 e. The molecule has 32 heavy (non-hydrogen) atoms. The van der Waals surface area contributed by atoms with Crippen molar-refractivity contribution in [2.45, 2.75) is 32.6 Å². The lowest BCUT2D eigenvalue weighted by Gasteiger charge is -2.20. The van der Waals surface area contributed by atoms with Crippen LogP contribution in [0.3, 0.4) is 0 Å². The first-order valence-corrected chi connectivity index (χ1v) is 10.5. The normalized spacial score (nSPS) is 17.0. The average Bonchev–Trinajstić information content (AvgIpc) is 3.54. The van der Waals surface area contributed by atoms with Gasteiger partial charge in [-0.25, -0.2) is 5.43 Å². The highest BCUT2D eigenvalue weighted by molar-refractivity contribution is 6.00. The number of rotatable bonds is 6. The van der Waals surface area contributed by atoms with E-state index in [-0.39, 0.29) is 22.9 Å². The quantitative estimate of drug-likeness (QED) is 0.339. The molecule has 1 fully saturated rings. The summed E-state index contributed by atoms with van der Waals surface area (Å²) in [6.07, 6.45) is 0.705. The van der Waals surface area contributed by atoms with Gasteiger partial charge in [0.1, 0.15) is 0 Å². The number of hydrazone groups is 1. The van der Waals surface area contributed by atoms with Crippen LogP contribution in [0.15, 0.2) is 77.9 Å². The third kappa shape index (κ3) is 4.04. The molecule has 6 heteroatoms. The van der Waals surface area contributed by atoms with Crippen LogP contribution in [-0.2, 0) is 10.2 Å². The molecule has 1 N–H and O–H groups in total. The van der Waals surface area contributed by atoms with E-state index in [0.29, 0.717) is 17.7 Å². The van der Waals surface area contributed by atoms with E-state index >= 15 is 0 Å². The molecule has 6 nitrogen and oxygen atoms in total. The number of carbonyl (C=O) groups excluding carboxylic acids is 1. The molecule has 0 radical (unpaired) electrons. The second-order valence-corrected chi connectivity index (χ2v) is 8.45. The Morgan fingerprint density at radius 1 is 1.00 bits per heavy atom. The Morgan fingerprint density at radius 2 is 1.59 bits per heavy atom. The van der Waals surface area contributed by atoms with Gasteiger partial charge in [0, 0.05) is 23.1 Å². The number of nitrogens with zero attached hydrogens (tertiary/aromatic N) is 2. The van der Waals surface area contributed by atoms with Crippen LogP contribution in [0, 0.1) is 29.9 Å². The average molecular weight is 428 g/mol. The molecule has 162 valence electrons. The molecule has 1 saturated carbocycles. The Hall–Kier alpha value is -3.80. The maximum absolute atomic E-state index is 13.1. The third-order valence-electron chi connectivity index (χ3n) is 6.15. The summed E-state index contributed by atoms with van der Waals surface area (Å²) in [6, 6.07) is 22.8. The Bertz CT molecular complexity index is 1190. The van der Waals surface area contributed by atoms with Gasteiger partial charge in [0.05, 0.1) is 16.6 Å². The fourth-order valence-corrected chi connectivity index (χ4v) is 4.36. The van der Waals surface area contributed by atoms with Crippen molar-refractivity contribution in [1.29, 1.82) is 0 Å². The monoisotopic (exact) mass is 427 g/mol. The van der Waals surface area contributed by atoms with E-state index in [4.69, 9.17) is 0 Å². The summed E-state index contributed by atoms with van der Waals surface area (Å²) in [5, 5.41) is 15.3. The number of carbonyl (C=O) groups is 1. The molecule has 3 aromatic rings. The fraction of sp³-hybridized carbons (Fsp3) is 0.231. The van der Waals surface area contributed by atoms with Crippen molar-refractivity contribution in [1.82, 2.24) is 5.43 Å².